The highest BCUT2D eigenvalue weighted by Crippen LogP contribution is 2.21. The zero-order valence-electron chi connectivity index (χ0n) is 13.1. The molecule has 1 N–H and O–H groups in total. The maximum atomic E-state index is 12.1. The molecular weight excluding hydrogens is 286 g/mol. The Morgan fingerprint density at radius 1 is 1.13 bits per heavy atom. The van der Waals surface area contributed by atoms with E-state index in [9.17, 15) is 4.79 Å². The number of hydrogen-bond acceptors (Lipinski definition) is 2. The van der Waals surface area contributed by atoms with Crippen LogP contribution in [-0.2, 0) is 4.79 Å². The van der Waals surface area contributed by atoms with Crippen LogP contribution in [-0.4, -0.2) is 5.91 Å². The molecule has 1 amide bonds. The van der Waals surface area contributed by atoms with Crippen LogP contribution in [0.25, 0.3) is 10.8 Å². The Hall–Kier alpha value is -2.81. The smallest absolute Gasteiger partial charge is 0.254 e. The topological polar surface area (TPSA) is 38.3 Å². The maximum Gasteiger partial charge on any atom is 0.254 e. The normalized spacial score (nSPS) is 14.5. The van der Waals surface area contributed by atoms with Crippen LogP contribution in [0.15, 0.2) is 78.2 Å². The van der Waals surface area contributed by atoms with E-state index in [1.165, 1.54) is 6.26 Å². The summed E-state index contributed by atoms with van der Waals surface area (Å²) in [6, 6.07) is 14.0. The Balaban J connectivity index is 1.66. The van der Waals surface area contributed by atoms with Gasteiger partial charge in [-0.25, -0.2) is 0 Å². The molecule has 2 aromatic rings. The Labute approximate surface area is 136 Å². The number of allylic oxidation sites excluding steroid dienone is 3. The van der Waals surface area contributed by atoms with E-state index in [1.54, 1.807) is 6.92 Å². The zero-order chi connectivity index (χ0) is 16.1. The third-order valence-electron chi connectivity index (χ3n) is 3.70. The van der Waals surface area contributed by atoms with Gasteiger partial charge in [-0.05, 0) is 48.7 Å². The van der Waals surface area contributed by atoms with Gasteiger partial charge in [0, 0.05) is 11.3 Å². The first kappa shape index (κ1) is 15.1. The van der Waals surface area contributed by atoms with Crippen LogP contribution in [0.1, 0.15) is 19.8 Å². The summed E-state index contributed by atoms with van der Waals surface area (Å²) >= 11 is 0. The SMILES string of the molecule is C/C(=C\Oc1ccc2ccccc2c1)C(=O)NC1=CCCC=C1. The molecule has 0 heterocycles. The summed E-state index contributed by atoms with van der Waals surface area (Å²) in [5.41, 5.74) is 1.37. The number of carbonyl (C=O) groups is 1. The molecule has 3 nitrogen and oxygen atoms in total. The number of fused-ring (bicyclic) bond motifs is 1. The average molecular weight is 305 g/mol. The van der Waals surface area contributed by atoms with Gasteiger partial charge in [-0.1, -0.05) is 42.5 Å². The number of ether oxygens (including phenoxy) is 1. The van der Waals surface area contributed by atoms with Crippen molar-refractivity contribution in [2.75, 3.05) is 0 Å². The highest BCUT2D eigenvalue weighted by atomic mass is 16.5. The molecule has 23 heavy (non-hydrogen) atoms. The van der Waals surface area contributed by atoms with Gasteiger partial charge in [0.25, 0.3) is 5.91 Å². The number of rotatable bonds is 4. The molecule has 0 fully saturated rings. The molecule has 3 rings (SSSR count). The van der Waals surface area contributed by atoms with Crippen molar-refractivity contribution in [3.8, 4) is 5.75 Å². The van der Waals surface area contributed by atoms with E-state index in [-0.39, 0.29) is 5.91 Å². The van der Waals surface area contributed by atoms with E-state index in [0.717, 1.165) is 29.3 Å². The summed E-state index contributed by atoms with van der Waals surface area (Å²) in [7, 11) is 0. The van der Waals surface area contributed by atoms with E-state index in [1.807, 2.05) is 48.6 Å². The largest absolute Gasteiger partial charge is 0.465 e. The van der Waals surface area contributed by atoms with Crippen LogP contribution in [0.4, 0.5) is 0 Å². The third-order valence-corrected chi connectivity index (χ3v) is 3.70. The van der Waals surface area contributed by atoms with E-state index in [0.29, 0.717) is 11.3 Å². The summed E-state index contributed by atoms with van der Waals surface area (Å²) in [5, 5.41) is 5.14. The number of hydrogen-bond donors (Lipinski definition) is 1. The van der Waals surface area contributed by atoms with E-state index in [2.05, 4.69) is 17.5 Å². The van der Waals surface area contributed by atoms with Crippen LogP contribution in [0.2, 0.25) is 0 Å². The first-order valence-corrected chi connectivity index (χ1v) is 7.73. The molecule has 1 aliphatic carbocycles. The van der Waals surface area contributed by atoms with E-state index >= 15 is 0 Å². The van der Waals surface area contributed by atoms with Gasteiger partial charge in [0.15, 0.2) is 0 Å². The minimum atomic E-state index is -0.149. The Morgan fingerprint density at radius 3 is 2.74 bits per heavy atom. The second kappa shape index (κ2) is 6.97. The predicted molar refractivity (Wildman–Crippen MR) is 92.9 cm³/mol. The standard InChI is InChI=1S/C20H19NO2/c1-15(20(22)21-18-9-3-2-4-10-18)14-23-19-12-11-16-7-5-6-8-17(16)13-19/h3,5-14H,2,4H2,1H3,(H,21,22)/b15-14+. The van der Waals surface area contributed by atoms with Crippen LogP contribution in [0.3, 0.4) is 0 Å². The number of benzene rings is 2. The lowest BCUT2D eigenvalue weighted by Crippen LogP contribution is -2.23. The molecule has 0 saturated heterocycles. The second-order valence-corrected chi connectivity index (χ2v) is 5.52. The van der Waals surface area contributed by atoms with Crippen LogP contribution < -0.4 is 10.1 Å². The van der Waals surface area contributed by atoms with Gasteiger partial charge in [-0.15, -0.1) is 0 Å². The van der Waals surface area contributed by atoms with Crippen LogP contribution >= 0.6 is 0 Å². The third kappa shape index (κ3) is 3.89. The van der Waals surface area contributed by atoms with Crippen molar-refractivity contribution in [2.45, 2.75) is 19.8 Å². The van der Waals surface area contributed by atoms with Crippen molar-refractivity contribution in [3.63, 3.8) is 0 Å². The molecule has 3 heteroatoms. The minimum Gasteiger partial charge on any atom is -0.465 e. The fourth-order valence-electron chi connectivity index (χ4n) is 2.39. The molecule has 116 valence electrons. The van der Waals surface area contributed by atoms with Gasteiger partial charge in [0.2, 0.25) is 0 Å². The summed E-state index contributed by atoms with van der Waals surface area (Å²) < 4.78 is 5.63. The van der Waals surface area contributed by atoms with Crippen molar-refractivity contribution in [3.05, 3.63) is 78.2 Å². The molecule has 0 bridgehead atoms. The van der Waals surface area contributed by atoms with Crippen molar-refractivity contribution in [1.82, 2.24) is 5.32 Å². The molecule has 1 aliphatic rings. The number of carbonyl (C=O) groups excluding carboxylic acids is 1. The first-order valence-electron chi connectivity index (χ1n) is 7.73. The van der Waals surface area contributed by atoms with E-state index < -0.39 is 0 Å². The summed E-state index contributed by atoms with van der Waals surface area (Å²) in [6.45, 7) is 1.74. The molecule has 0 spiro atoms. The van der Waals surface area contributed by atoms with Gasteiger partial charge in [0.05, 0.1) is 6.26 Å². The first-order chi connectivity index (χ1) is 11.2. The average Bonchev–Trinajstić information content (AvgIpc) is 2.60. The number of nitrogens with one attached hydrogen (secondary N) is 1. The quantitative estimate of drug-likeness (QED) is 0.668. The number of amides is 1. The predicted octanol–water partition coefficient (Wildman–Crippen LogP) is 4.47. The lowest BCUT2D eigenvalue weighted by Gasteiger charge is -2.09. The van der Waals surface area contributed by atoms with Gasteiger partial charge >= 0.3 is 0 Å². The van der Waals surface area contributed by atoms with Crippen molar-refractivity contribution in [2.24, 2.45) is 0 Å². The second-order valence-electron chi connectivity index (χ2n) is 5.52. The van der Waals surface area contributed by atoms with Gasteiger partial charge in [-0.2, -0.15) is 0 Å². The van der Waals surface area contributed by atoms with Crippen molar-refractivity contribution < 1.29 is 9.53 Å². The molecule has 0 atom stereocenters. The molecule has 2 aromatic carbocycles. The molecule has 0 aliphatic heterocycles. The monoisotopic (exact) mass is 305 g/mol. The molecule has 0 unspecified atom stereocenters. The van der Waals surface area contributed by atoms with Gasteiger partial charge in [0.1, 0.15) is 5.75 Å². The molecule has 0 radical (unpaired) electrons. The fourth-order valence-corrected chi connectivity index (χ4v) is 2.39. The lowest BCUT2D eigenvalue weighted by atomic mass is 10.1. The Bertz CT molecular complexity index is 815. The lowest BCUT2D eigenvalue weighted by molar-refractivity contribution is -0.116. The highest BCUT2D eigenvalue weighted by molar-refractivity contribution is 5.94. The van der Waals surface area contributed by atoms with Crippen LogP contribution in [0, 0.1) is 0 Å². The molecule has 0 saturated carbocycles. The molecular formula is C20H19NO2. The minimum absolute atomic E-state index is 0.149. The fraction of sp³-hybridized carbons (Fsp3) is 0.150. The van der Waals surface area contributed by atoms with Crippen molar-refractivity contribution in [1.29, 1.82) is 0 Å². The summed E-state index contributed by atoms with van der Waals surface area (Å²) in [4.78, 5) is 12.1. The Morgan fingerprint density at radius 2 is 1.96 bits per heavy atom. The summed E-state index contributed by atoms with van der Waals surface area (Å²) in [5.74, 6) is 0.566. The van der Waals surface area contributed by atoms with Gasteiger partial charge < -0.3 is 10.1 Å². The maximum absolute atomic E-state index is 12.1. The Kier molecular flexibility index (Phi) is 4.57. The van der Waals surface area contributed by atoms with Gasteiger partial charge in [-0.3, -0.25) is 4.79 Å². The van der Waals surface area contributed by atoms with E-state index in [4.69, 9.17) is 4.74 Å². The summed E-state index contributed by atoms with van der Waals surface area (Å²) in [6.07, 6.45) is 9.49. The zero-order valence-corrected chi connectivity index (χ0v) is 13.1. The molecule has 0 aromatic heterocycles. The highest BCUT2D eigenvalue weighted by Gasteiger charge is 2.07. The van der Waals surface area contributed by atoms with Crippen LogP contribution in [0.5, 0.6) is 5.75 Å². The van der Waals surface area contributed by atoms with Crippen molar-refractivity contribution >= 4 is 16.7 Å².